The molecule has 0 saturated carbocycles. The Morgan fingerprint density at radius 1 is 1.33 bits per heavy atom. The van der Waals surface area contributed by atoms with Gasteiger partial charge in [0.25, 0.3) is 5.91 Å². The third kappa shape index (κ3) is 3.03. The molecular weight excluding hydrogens is 308 g/mol. The van der Waals surface area contributed by atoms with Gasteiger partial charge in [-0.15, -0.1) is 11.3 Å². The molecule has 21 heavy (non-hydrogen) atoms. The number of carbonyl (C=O) groups excluding carboxylic acids is 1. The molecule has 2 heterocycles. The highest BCUT2D eigenvalue weighted by molar-refractivity contribution is 7.14. The van der Waals surface area contributed by atoms with Crippen LogP contribution in [0.15, 0.2) is 34.4 Å². The van der Waals surface area contributed by atoms with Crippen molar-refractivity contribution in [3.8, 4) is 10.6 Å². The molecule has 1 amide bonds. The molecule has 0 fully saturated rings. The SMILES string of the molecule is O=C(NC1C=CC(C(=O)O)C1)c1csc(-c2ccsc2)n1. The van der Waals surface area contributed by atoms with Gasteiger partial charge in [0.15, 0.2) is 0 Å². The van der Waals surface area contributed by atoms with Gasteiger partial charge in [0.1, 0.15) is 10.7 Å². The van der Waals surface area contributed by atoms with Crippen molar-refractivity contribution in [2.75, 3.05) is 0 Å². The molecule has 3 rings (SSSR count). The van der Waals surface area contributed by atoms with Crippen LogP contribution in [0, 0.1) is 5.92 Å². The van der Waals surface area contributed by atoms with Crippen molar-refractivity contribution >= 4 is 34.6 Å². The molecule has 0 spiro atoms. The van der Waals surface area contributed by atoms with E-state index in [2.05, 4.69) is 10.3 Å². The van der Waals surface area contributed by atoms with E-state index in [1.54, 1.807) is 28.9 Å². The van der Waals surface area contributed by atoms with Gasteiger partial charge in [0, 0.05) is 22.4 Å². The van der Waals surface area contributed by atoms with Crippen LogP contribution in [0.2, 0.25) is 0 Å². The molecule has 2 aromatic rings. The second-order valence-electron chi connectivity index (χ2n) is 4.70. The first-order valence-electron chi connectivity index (χ1n) is 6.33. The average molecular weight is 320 g/mol. The molecular formula is C14H12N2O3S2. The molecule has 2 unspecified atom stereocenters. The van der Waals surface area contributed by atoms with Crippen molar-refractivity contribution in [1.29, 1.82) is 0 Å². The fourth-order valence-electron chi connectivity index (χ4n) is 2.13. The van der Waals surface area contributed by atoms with E-state index >= 15 is 0 Å². The standard InChI is InChI=1S/C14H12N2O3S2/c17-12(15-10-2-1-8(5-10)14(18)19)11-7-21-13(16-11)9-3-4-20-6-9/h1-4,6-8,10H,5H2,(H,15,17)(H,18,19). The van der Waals surface area contributed by atoms with Crippen LogP contribution in [0.25, 0.3) is 10.6 Å². The highest BCUT2D eigenvalue weighted by Gasteiger charge is 2.26. The second kappa shape index (κ2) is 5.79. The van der Waals surface area contributed by atoms with Crippen LogP contribution in [0.3, 0.4) is 0 Å². The number of nitrogens with zero attached hydrogens (tertiary/aromatic N) is 1. The first kappa shape index (κ1) is 14.0. The van der Waals surface area contributed by atoms with E-state index < -0.39 is 11.9 Å². The lowest BCUT2D eigenvalue weighted by atomic mass is 10.1. The van der Waals surface area contributed by atoms with Crippen LogP contribution in [0.1, 0.15) is 16.9 Å². The van der Waals surface area contributed by atoms with Crippen LogP contribution in [0.5, 0.6) is 0 Å². The summed E-state index contributed by atoms with van der Waals surface area (Å²) in [5.41, 5.74) is 1.38. The molecule has 2 N–H and O–H groups in total. The molecule has 0 aromatic carbocycles. The number of carboxylic acids is 1. The minimum absolute atomic E-state index is 0.245. The molecule has 0 aliphatic heterocycles. The van der Waals surface area contributed by atoms with Gasteiger partial charge < -0.3 is 10.4 Å². The zero-order valence-corrected chi connectivity index (χ0v) is 12.5. The van der Waals surface area contributed by atoms with Gasteiger partial charge in [-0.05, 0) is 17.9 Å². The first-order chi connectivity index (χ1) is 10.1. The number of thiophene rings is 1. The first-order valence-corrected chi connectivity index (χ1v) is 8.16. The van der Waals surface area contributed by atoms with Crippen molar-refractivity contribution in [3.63, 3.8) is 0 Å². The van der Waals surface area contributed by atoms with Gasteiger partial charge in [0.05, 0.1) is 5.92 Å². The Kier molecular flexibility index (Phi) is 3.85. The number of nitrogens with one attached hydrogen (secondary N) is 1. The normalized spacial score (nSPS) is 20.6. The highest BCUT2D eigenvalue weighted by Crippen LogP contribution is 2.26. The summed E-state index contributed by atoms with van der Waals surface area (Å²) in [6.07, 6.45) is 3.73. The maximum absolute atomic E-state index is 12.1. The summed E-state index contributed by atoms with van der Waals surface area (Å²) in [5, 5.41) is 18.2. The minimum Gasteiger partial charge on any atom is -0.481 e. The van der Waals surface area contributed by atoms with Gasteiger partial charge in [-0.3, -0.25) is 9.59 Å². The smallest absolute Gasteiger partial charge is 0.310 e. The maximum Gasteiger partial charge on any atom is 0.310 e. The lowest BCUT2D eigenvalue weighted by Gasteiger charge is -2.10. The Morgan fingerprint density at radius 3 is 2.86 bits per heavy atom. The van der Waals surface area contributed by atoms with Gasteiger partial charge in [-0.1, -0.05) is 12.2 Å². The van der Waals surface area contributed by atoms with E-state index in [1.165, 1.54) is 11.3 Å². The van der Waals surface area contributed by atoms with Crippen molar-refractivity contribution in [2.45, 2.75) is 12.5 Å². The van der Waals surface area contributed by atoms with Gasteiger partial charge in [0.2, 0.25) is 0 Å². The van der Waals surface area contributed by atoms with E-state index in [1.807, 2.05) is 16.8 Å². The van der Waals surface area contributed by atoms with Gasteiger partial charge >= 0.3 is 5.97 Å². The van der Waals surface area contributed by atoms with E-state index in [-0.39, 0.29) is 11.9 Å². The lowest BCUT2D eigenvalue weighted by Crippen LogP contribution is -2.33. The number of carbonyl (C=O) groups is 2. The summed E-state index contributed by atoms with van der Waals surface area (Å²) >= 11 is 3.00. The predicted molar refractivity (Wildman–Crippen MR) is 81.6 cm³/mol. The fourth-order valence-corrected chi connectivity index (χ4v) is 3.64. The summed E-state index contributed by atoms with van der Waals surface area (Å²) in [7, 11) is 0. The molecule has 5 nitrogen and oxygen atoms in total. The summed E-state index contributed by atoms with van der Waals surface area (Å²) in [6.45, 7) is 0. The van der Waals surface area contributed by atoms with Gasteiger partial charge in [-0.25, -0.2) is 4.98 Å². The molecule has 0 radical (unpaired) electrons. The van der Waals surface area contributed by atoms with Crippen molar-refractivity contribution in [1.82, 2.24) is 10.3 Å². The lowest BCUT2D eigenvalue weighted by molar-refractivity contribution is -0.140. The summed E-state index contributed by atoms with van der Waals surface area (Å²) in [4.78, 5) is 27.3. The Labute approximate surface area is 129 Å². The number of hydrogen-bond acceptors (Lipinski definition) is 5. The van der Waals surface area contributed by atoms with Crippen LogP contribution >= 0.6 is 22.7 Å². The Hall–Kier alpha value is -1.99. The number of rotatable bonds is 4. The number of amides is 1. The van der Waals surface area contributed by atoms with E-state index in [4.69, 9.17) is 5.11 Å². The molecule has 2 atom stereocenters. The van der Waals surface area contributed by atoms with E-state index in [0.29, 0.717) is 12.1 Å². The Morgan fingerprint density at radius 2 is 2.19 bits per heavy atom. The topological polar surface area (TPSA) is 79.3 Å². The largest absolute Gasteiger partial charge is 0.481 e. The third-order valence-electron chi connectivity index (χ3n) is 3.22. The fraction of sp³-hybridized carbons (Fsp3) is 0.214. The van der Waals surface area contributed by atoms with E-state index in [0.717, 1.165) is 10.6 Å². The molecule has 1 aliphatic carbocycles. The van der Waals surface area contributed by atoms with Crippen LogP contribution in [0.4, 0.5) is 0 Å². The number of aromatic nitrogens is 1. The Bertz CT molecular complexity index is 691. The number of carboxylic acid groups (broad SMARTS) is 1. The van der Waals surface area contributed by atoms with E-state index in [9.17, 15) is 9.59 Å². The summed E-state index contributed by atoms with van der Waals surface area (Å²) in [5.74, 6) is -1.66. The van der Waals surface area contributed by atoms with Crippen LogP contribution in [-0.2, 0) is 4.79 Å². The molecule has 2 aromatic heterocycles. The third-order valence-corrected chi connectivity index (χ3v) is 4.80. The number of aliphatic carboxylic acids is 1. The molecule has 108 valence electrons. The maximum atomic E-state index is 12.1. The van der Waals surface area contributed by atoms with Crippen molar-refractivity contribution in [3.05, 3.63) is 40.1 Å². The van der Waals surface area contributed by atoms with Crippen LogP contribution < -0.4 is 5.32 Å². The quantitative estimate of drug-likeness (QED) is 0.849. The summed E-state index contributed by atoms with van der Waals surface area (Å²) in [6, 6.07) is 1.72. The molecule has 0 bridgehead atoms. The monoisotopic (exact) mass is 320 g/mol. The zero-order valence-electron chi connectivity index (χ0n) is 10.9. The summed E-state index contributed by atoms with van der Waals surface area (Å²) < 4.78 is 0. The van der Waals surface area contributed by atoms with Gasteiger partial charge in [-0.2, -0.15) is 11.3 Å². The molecule has 0 saturated heterocycles. The zero-order chi connectivity index (χ0) is 14.8. The second-order valence-corrected chi connectivity index (χ2v) is 6.33. The molecule has 1 aliphatic rings. The molecule has 7 heteroatoms. The minimum atomic E-state index is -0.864. The highest BCUT2D eigenvalue weighted by atomic mass is 32.1. The Balaban J connectivity index is 1.64. The number of thiazole rings is 1. The van der Waals surface area contributed by atoms with Crippen molar-refractivity contribution in [2.24, 2.45) is 5.92 Å². The average Bonchev–Trinajstić information content (AvgIpc) is 3.19. The predicted octanol–water partition coefficient (Wildman–Crippen LogP) is 2.63. The van der Waals surface area contributed by atoms with Crippen LogP contribution in [-0.4, -0.2) is 28.0 Å². The number of hydrogen-bond donors (Lipinski definition) is 2. The van der Waals surface area contributed by atoms with Crippen molar-refractivity contribution < 1.29 is 14.7 Å².